The molecule has 0 aromatic heterocycles. The zero-order valence-corrected chi connectivity index (χ0v) is 22.1. The minimum atomic E-state index is -0.684. The van der Waals surface area contributed by atoms with E-state index in [9.17, 15) is 9.90 Å². The maximum atomic E-state index is 12.5. The fourth-order valence-corrected chi connectivity index (χ4v) is 3.79. The van der Waals surface area contributed by atoms with Gasteiger partial charge in [-0.3, -0.25) is 14.7 Å². The Morgan fingerprint density at radius 1 is 1.18 bits per heavy atom. The number of nitrogens with zero attached hydrogens (tertiary/aromatic N) is 4. The molecular weight excluding hydrogens is 537 g/mol. The quantitative estimate of drug-likeness (QED) is 0.269. The Bertz CT molecular complexity index is 752. The maximum Gasteiger partial charge on any atom is 0.236 e. The summed E-state index contributed by atoms with van der Waals surface area (Å²) in [5.41, 5.74) is 1.12. The largest absolute Gasteiger partial charge is 0.491 e. The molecule has 3 rings (SSSR count). The Balaban J connectivity index is 0.00000385. The second kappa shape index (κ2) is 14.6. The van der Waals surface area contributed by atoms with Gasteiger partial charge in [-0.05, 0) is 31.5 Å². The van der Waals surface area contributed by atoms with E-state index in [-0.39, 0.29) is 43.0 Å². The molecule has 2 saturated heterocycles. The number of hydrogen-bond acceptors (Lipinski definition) is 6. The van der Waals surface area contributed by atoms with Crippen LogP contribution in [0, 0.1) is 6.92 Å². The number of halogens is 1. The molecule has 2 aliphatic rings. The zero-order valence-electron chi connectivity index (χ0n) is 19.7. The molecule has 2 heterocycles. The molecule has 2 aliphatic heterocycles. The van der Waals surface area contributed by atoms with Crippen molar-refractivity contribution in [3.63, 3.8) is 0 Å². The lowest BCUT2D eigenvalue weighted by Crippen LogP contribution is -2.55. The standard InChI is InChI=1S/C23H37N5O4.HI/c1-3-24-23(25-16-20(29)18-32-21-6-4-5-19(2)15-21)28-9-7-26(8-10-28)17-22(30)27-11-13-31-14-12-27;/h4-6,15,20,29H,3,7-14,16-18H2,1-2H3,(H,24,25);1H. The van der Waals surface area contributed by atoms with Crippen LogP contribution in [0.2, 0.25) is 0 Å². The zero-order chi connectivity index (χ0) is 22.8. The van der Waals surface area contributed by atoms with Gasteiger partial charge >= 0.3 is 0 Å². The molecule has 2 fully saturated rings. The predicted octanol–water partition coefficient (Wildman–Crippen LogP) is 0.795. The number of aliphatic hydroxyl groups is 1. The van der Waals surface area contributed by atoms with Crippen LogP contribution in [0.3, 0.4) is 0 Å². The third kappa shape index (κ3) is 9.26. The Labute approximate surface area is 214 Å². The Hall–Kier alpha value is -1.63. The van der Waals surface area contributed by atoms with Gasteiger partial charge in [0.05, 0.1) is 26.3 Å². The normalized spacial score (nSPS) is 18.5. The number of rotatable bonds is 8. The van der Waals surface area contributed by atoms with Crippen LogP contribution in [0.25, 0.3) is 0 Å². The number of guanidine groups is 1. The predicted molar refractivity (Wildman–Crippen MR) is 139 cm³/mol. The van der Waals surface area contributed by atoms with Crippen molar-refractivity contribution in [1.29, 1.82) is 0 Å². The fourth-order valence-electron chi connectivity index (χ4n) is 3.79. The molecule has 186 valence electrons. The lowest BCUT2D eigenvalue weighted by atomic mass is 10.2. The molecular formula is C23H38IN5O4. The molecule has 0 bridgehead atoms. The van der Waals surface area contributed by atoms with Crippen molar-refractivity contribution in [2.75, 3.05) is 78.7 Å². The van der Waals surface area contributed by atoms with Crippen molar-refractivity contribution < 1.29 is 19.4 Å². The van der Waals surface area contributed by atoms with E-state index in [0.717, 1.165) is 50.0 Å². The van der Waals surface area contributed by atoms with E-state index in [0.29, 0.717) is 32.8 Å². The fraction of sp³-hybridized carbons (Fsp3) is 0.652. The number of aliphatic imine (C=N–C) groups is 1. The number of amides is 1. The van der Waals surface area contributed by atoms with Crippen molar-refractivity contribution in [3.05, 3.63) is 29.8 Å². The van der Waals surface area contributed by atoms with Crippen LogP contribution in [0.4, 0.5) is 0 Å². The van der Waals surface area contributed by atoms with Crippen molar-refractivity contribution >= 4 is 35.8 Å². The first-order valence-electron chi connectivity index (χ1n) is 11.5. The highest BCUT2D eigenvalue weighted by atomic mass is 127. The highest BCUT2D eigenvalue weighted by molar-refractivity contribution is 14.0. The molecule has 1 aromatic carbocycles. The summed E-state index contributed by atoms with van der Waals surface area (Å²) in [6.07, 6.45) is -0.684. The first kappa shape index (κ1) is 27.6. The summed E-state index contributed by atoms with van der Waals surface area (Å²) in [6.45, 7) is 11.5. The monoisotopic (exact) mass is 575 g/mol. The molecule has 9 nitrogen and oxygen atoms in total. The van der Waals surface area contributed by atoms with Crippen LogP contribution in [-0.2, 0) is 9.53 Å². The van der Waals surface area contributed by atoms with Crippen molar-refractivity contribution in [2.24, 2.45) is 4.99 Å². The molecule has 1 aromatic rings. The number of ether oxygens (including phenoxy) is 2. The Kier molecular flexibility index (Phi) is 12.2. The summed E-state index contributed by atoms with van der Waals surface area (Å²) in [7, 11) is 0. The minimum Gasteiger partial charge on any atom is -0.491 e. The lowest BCUT2D eigenvalue weighted by Gasteiger charge is -2.37. The number of hydrogen-bond donors (Lipinski definition) is 2. The summed E-state index contributed by atoms with van der Waals surface area (Å²) < 4.78 is 11.0. The number of aryl methyl sites for hydroxylation is 1. The van der Waals surface area contributed by atoms with Crippen LogP contribution in [0.1, 0.15) is 12.5 Å². The second-order valence-electron chi connectivity index (χ2n) is 8.23. The summed E-state index contributed by atoms with van der Waals surface area (Å²) >= 11 is 0. The Morgan fingerprint density at radius 3 is 2.58 bits per heavy atom. The molecule has 1 amide bonds. The van der Waals surface area contributed by atoms with Gasteiger partial charge in [0.1, 0.15) is 18.5 Å². The number of carbonyl (C=O) groups excluding carboxylic acids is 1. The minimum absolute atomic E-state index is 0. The third-order valence-electron chi connectivity index (χ3n) is 5.61. The van der Waals surface area contributed by atoms with E-state index in [1.54, 1.807) is 0 Å². The summed E-state index contributed by atoms with van der Waals surface area (Å²) in [5, 5.41) is 13.6. The summed E-state index contributed by atoms with van der Waals surface area (Å²) in [6, 6.07) is 7.78. The van der Waals surface area contributed by atoms with E-state index in [2.05, 4.69) is 20.1 Å². The van der Waals surface area contributed by atoms with Gasteiger partial charge in [-0.1, -0.05) is 12.1 Å². The number of carbonyl (C=O) groups is 1. The molecule has 2 N–H and O–H groups in total. The summed E-state index contributed by atoms with van der Waals surface area (Å²) in [4.78, 5) is 23.4. The molecule has 0 aliphatic carbocycles. The van der Waals surface area contributed by atoms with Gasteiger partial charge in [0.25, 0.3) is 0 Å². The van der Waals surface area contributed by atoms with Crippen molar-refractivity contribution in [3.8, 4) is 5.75 Å². The van der Waals surface area contributed by atoms with Crippen LogP contribution in [-0.4, -0.2) is 117 Å². The van der Waals surface area contributed by atoms with Crippen LogP contribution >= 0.6 is 24.0 Å². The van der Waals surface area contributed by atoms with E-state index in [4.69, 9.17) is 9.47 Å². The Morgan fingerprint density at radius 2 is 1.91 bits per heavy atom. The van der Waals surface area contributed by atoms with E-state index in [1.807, 2.05) is 43.0 Å². The third-order valence-corrected chi connectivity index (χ3v) is 5.61. The molecule has 33 heavy (non-hydrogen) atoms. The average Bonchev–Trinajstić information content (AvgIpc) is 2.81. The van der Waals surface area contributed by atoms with Gasteiger partial charge in [0.15, 0.2) is 5.96 Å². The first-order valence-corrected chi connectivity index (χ1v) is 11.5. The van der Waals surface area contributed by atoms with Gasteiger partial charge in [-0.15, -0.1) is 24.0 Å². The van der Waals surface area contributed by atoms with Crippen molar-refractivity contribution in [1.82, 2.24) is 20.0 Å². The highest BCUT2D eigenvalue weighted by Crippen LogP contribution is 2.12. The number of nitrogens with one attached hydrogen (secondary N) is 1. The van der Waals surface area contributed by atoms with E-state index < -0.39 is 6.10 Å². The molecule has 10 heteroatoms. The van der Waals surface area contributed by atoms with E-state index >= 15 is 0 Å². The van der Waals surface area contributed by atoms with Gasteiger partial charge < -0.3 is 29.7 Å². The van der Waals surface area contributed by atoms with Crippen LogP contribution in [0.15, 0.2) is 29.3 Å². The maximum absolute atomic E-state index is 12.5. The molecule has 1 unspecified atom stereocenters. The molecule has 1 atom stereocenters. The first-order chi connectivity index (χ1) is 15.5. The second-order valence-corrected chi connectivity index (χ2v) is 8.23. The molecule has 0 saturated carbocycles. The van der Waals surface area contributed by atoms with Crippen LogP contribution in [0.5, 0.6) is 5.75 Å². The average molecular weight is 575 g/mol. The smallest absolute Gasteiger partial charge is 0.236 e. The van der Waals surface area contributed by atoms with Gasteiger partial charge in [0, 0.05) is 45.8 Å². The van der Waals surface area contributed by atoms with Gasteiger partial charge in [0.2, 0.25) is 5.91 Å². The van der Waals surface area contributed by atoms with Crippen LogP contribution < -0.4 is 10.1 Å². The van der Waals surface area contributed by atoms with Gasteiger partial charge in [-0.2, -0.15) is 0 Å². The number of piperazine rings is 1. The molecule has 0 spiro atoms. The molecule has 0 radical (unpaired) electrons. The number of benzene rings is 1. The number of aliphatic hydroxyl groups excluding tert-OH is 1. The SMILES string of the molecule is CCNC(=NCC(O)COc1cccc(C)c1)N1CCN(CC(=O)N2CCOCC2)CC1.I. The summed E-state index contributed by atoms with van der Waals surface area (Å²) in [5.74, 6) is 1.73. The van der Waals surface area contributed by atoms with Gasteiger partial charge in [-0.25, -0.2) is 0 Å². The van der Waals surface area contributed by atoms with Crippen molar-refractivity contribution in [2.45, 2.75) is 20.0 Å². The number of morpholine rings is 1. The highest BCUT2D eigenvalue weighted by Gasteiger charge is 2.24. The topological polar surface area (TPSA) is 89.9 Å². The lowest BCUT2D eigenvalue weighted by molar-refractivity contribution is -0.136. The van der Waals surface area contributed by atoms with E-state index in [1.165, 1.54) is 0 Å².